The van der Waals surface area contributed by atoms with Crippen molar-refractivity contribution in [3.8, 4) is 0 Å². The number of nitrogens with one attached hydrogen (secondary N) is 1. The van der Waals surface area contributed by atoms with E-state index in [1.807, 2.05) is 30.3 Å². The number of benzene rings is 2. The fourth-order valence-corrected chi connectivity index (χ4v) is 2.50. The summed E-state index contributed by atoms with van der Waals surface area (Å²) >= 11 is 0. The normalized spacial score (nSPS) is 10.3. The molecule has 2 rings (SSSR count). The Morgan fingerprint density at radius 2 is 1.68 bits per heavy atom. The lowest BCUT2D eigenvalue weighted by atomic mass is 10.1. The summed E-state index contributed by atoms with van der Waals surface area (Å²) < 4.78 is 13.6. The molecule has 25 heavy (non-hydrogen) atoms. The Labute approximate surface area is 147 Å². The van der Waals surface area contributed by atoms with Crippen LogP contribution < -0.4 is 5.32 Å². The third-order valence-electron chi connectivity index (χ3n) is 4.00. The van der Waals surface area contributed by atoms with Crippen LogP contribution >= 0.6 is 0 Å². The zero-order chi connectivity index (χ0) is 18.1. The molecule has 132 valence electrons. The van der Waals surface area contributed by atoms with Gasteiger partial charge >= 0.3 is 0 Å². The summed E-state index contributed by atoms with van der Waals surface area (Å²) in [6.45, 7) is 2.64. The third kappa shape index (κ3) is 6.37. The van der Waals surface area contributed by atoms with Gasteiger partial charge in [0, 0.05) is 33.0 Å². The predicted octanol–water partition coefficient (Wildman–Crippen LogP) is 2.92. The molecule has 0 aliphatic rings. The van der Waals surface area contributed by atoms with Crippen LogP contribution in [0.15, 0.2) is 54.6 Å². The molecule has 2 aromatic rings. The Bertz CT molecular complexity index is 704. The van der Waals surface area contributed by atoms with Crippen molar-refractivity contribution >= 4 is 11.8 Å². The molecule has 0 aliphatic heterocycles. The highest BCUT2D eigenvalue weighted by molar-refractivity contribution is 5.78. The Morgan fingerprint density at radius 3 is 2.36 bits per heavy atom. The fraction of sp³-hybridized carbons (Fsp3) is 0.300. The lowest BCUT2D eigenvalue weighted by molar-refractivity contribution is -0.129. The Morgan fingerprint density at radius 1 is 1.00 bits per heavy atom. The topological polar surface area (TPSA) is 49.4 Å². The van der Waals surface area contributed by atoms with Gasteiger partial charge in [0.2, 0.25) is 11.8 Å². The van der Waals surface area contributed by atoms with Gasteiger partial charge in [0.1, 0.15) is 5.82 Å². The second-order valence-corrected chi connectivity index (χ2v) is 5.86. The van der Waals surface area contributed by atoms with Crippen LogP contribution in [0.3, 0.4) is 0 Å². The maximum Gasteiger partial charge on any atom is 0.222 e. The molecule has 2 amide bonds. The van der Waals surface area contributed by atoms with Crippen LogP contribution in [-0.4, -0.2) is 29.8 Å². The van der Waals surface area contributed by atoms with E-state index in [4.69, 9.17) is 0 Å². The van der Waals surface area contributed by atoms with E-state index in [1.54, 1.807) is 23.1 Å². The summed E-state index contributed by atoms with van der Waals surface area (Å²) in [4.78, 5) is 25.3. The number of halogens is 1. The van der Waals surface area contributed by atoms with E-state index in [0.717, 1.165) is 5.56 Å². The van der Waals surface area contributed by atoms with Crippen LogP contribution in [0.1, 0.15) is 24.5 Å². The first kappa shape index (κ1) is 18.6. The lowest BCUT2D eigenvalue weighted by Crippen LogP contribution is -2.35. The van der Waals surface area contributed by atoms with Crippen LogP contribution in [0.25, 0.3) is 0 Å². The fourth-order valence-electron chi connectivity index (χ4n) is 2.50. The highest BCUT2D eigenvalue weighted by atomic mass is 19.1. The van der Waals surface area contributed by atoms with Crippen molar-refractivity contribution < 1.29 is 14.0 Å². The monoisotopic (exact) mass is 342 g/mol. The lowest BCUT2D eigenvalue weighted by Gasteiger charge is -2.21. The van der Waals surface area contributed by atoms with Gasteiger partial charge in [-0.15, -0.1) is 0 Å². The number of hydrogen-bond donors (Lipinski definition) is 1. The van der Waals surface area contributed by atoms with Crippen LogP contribution in [-0.2, 0) is 22.6 Å². The number of carbonyl (C=O) groups excluding carboxylic acids is 2. The molecule has 0 heterocycles. The van der Waals surface area contributed by atoms with E-state index >= 15 is 0 Å². The van der Waals surface area contributed by atoms with Gasteiger partial charge in [-0.05, 0) is 23.6 Å². The van der Waals surface area contributed by atoms with Crippen molar-refractivity contribution in [2.45, 2.75) is 26.3 Å². The van der Waals surface area contributed by atoms with Gasteiger partial charge in [-0.1, -0.05) is 48.5 Å². The number of amides is 2. The highest BCUT2D eigenvalue weighted by Crippen LogP contribution is 2.08. The van der Waals surface area contributed by atoms with Crippen molar-refractivity contribution in [3.63, 3.8) is 0 Å². The minimum Gasteiger partial charge on any atom is -0.352 e. The minimum absolute atomic E-state index is 0.110. The number of rotatable bonds is 8. The highest BCUT2D eigenvalue weighted by Gasteiger charge is 2.12. The van der Waals surface area contributed by atoms with E-state index in [-0.39, 0.29) is 24.1 Å². The zero-order valence-electron chi connectivity index (χ0n) is 14.4. The van der Waals surface area contributed by atoms with Gasteiger partial charge in [0.15, 0.2) is 0 Å². The molecular formula is C20H23FN2O2. The summed E-state index contributed by atoms with van der Waals surface area (Å²) in [6.07, 6.45) is 0.654. The van der Waals surface area contributed by atoms with Gasteiger partial charge in [0.05, 0.1) is 0 Å². The molecule has 0 fully saturated rings. The molecule has 0 saturated heterocycles. The molecule has 1 N–H and O–H groups in total. The molecule has 0 atom stereocenters. The average Bonchev–Trinajstić information content (AvgIpc) is 2.62. The number of carbonyl (C=O) groups is 2. The van der Waals surface area contributed by atoms with E-state index in [2.05, 4.69) is 5.32 Å². The second kappa shape index (κ2) is 9.57. The van der Waals surface area contributed by atoms with Crippen LogP contribution in [0.2, 0.25) is 0 Å². The van der Waals surface area contributed by atoms with Crippen molar-refractivity contribution in [2.75, 3.05) is 13.1 Å². The van der Waals surface area contributed by atoms with Crippen LogP contribution in [0.5, 0.6) is 0 Å². The summed E-state index contributed by atoms with van der Waals surface area (Å²) in [7, 11) is 0. The van der Waals surface area contributed by atoms with E-state index in [0.29, 0.717) is 31.6 Å². The Hall–Kier alpha value is -2.69. The molecule has 0 unspecified atom stereocenters. The molecule has 4 nitrogen and oxygen atoms in total. The van der Waals surface area contributed by atoms with Gasteiger partial charge in [-0.2, -0.15) is 0 Å². The molecule has 0 bridgehead atoms. The van der Waals surface area contributed by atoms with E-state index in [9.17, 15) is 14.0 Å². The summed E-state index contributed by atoms with van der Waals surface area (Å²) in [5, 5.41) is 2.84. The van der Waals surface area contributed by atoms with Crippen molar-refractivity contribution in [2.24, 2.45) is 0 Å². The molecule has 0 radical (unpaired) electrons. The maximum absolute atomic E-state index is 13.6. The molecule has 5 heteroatoms. The molecule has 0 aromatic heterocycles. The predicted molar refractivity (Wildman–Crippen MR) is 95.3 cm³/mol. The largest absolute Gasteiger partial charge is 0.352 e. The Kier molecular flexibility index (Phi) is 7.14. The first-order valence-electron chi connectivity index (χ1n) is 8.36. The van der Waals surface area contributed by atoms with Gasteiger partial charge in [-0.3, -0.25) is 9.59 Å². The number of hydrogen-bond acceptors (Lipinski definition) is 2. The van der Waals surface area contributed by atoms with Crippen molar-refractivity contribution in [1.82, 2.24) is 10.2 Å². The van der Waals surface area contributed by atoms with Crippen molar-refractivity contribution in [1.29, 1.82) is 0 Å². The molecule has 0 aliphatic carbocycles. The van der Waals surface area contributed by atoms with Gasteiger partial charge in [-0.25, -0.2) is 4.39 Å². The smallest absolute Gasteiger partial charge is 0.222 e. The average molecular weight is 342 g/mol. The molecule has 0 saturated carbocycles. The van der Waals surface area contributed by atoms with Crippen molar-refractivity contribution in [3.05, 3.63) is 71.5 Å². The molecule has 2 aromatic carbocycles. The summed E-state index contributed by atoms with van der Waals surface area (Å²) in [6, 6.07) is 16.2. The van der Waals surface area contributed by atoms with Gasteiger partial charge in [0.25, 0.3) is 0 Å². The van der Waals surface area contributed by atoms with E-state index in [1.165, 1.54) is 13.0 Å². The van der Waals surface area contributed by atoms with Crippen LogP contribution in [0, 0.1) is 5.82 Å². The maximum atomic E-state index is 13.6. The quantitative estimate of drug-likeness (QED) is 0.802. The first-order chi connectivity index (χ1) is 12.1. The second-order valence-electron chi connectivity index (χ2n) is 5.86. The zero-order valence-corrected chi connectivity index (χ0v) is 14.4. The summed E-state index contributed by atoms with van der Waals surface area (Å²) in [5.74, 6) is -0.500. The Balaban J connectivity index is 1.78. The number of nitrogens with zero attached hydrogens (tertiary/aromatic N) is 1. The summed E-state index contributed by atoms with van der Waals surface area (Å²) in [5.41, 5.74) is 1.60. The standard InChI is InChI=1S/C20H23FN2O2/c1-16(24)23(13-11-18-9-5-6-10-19(18)21)14-12-20(25)22-15-17-7-3-2-4-8-17/h2-10H,11-15H2,1H3,(H,22,25). The van der Waals surface area contributed by atoms with Gasteiger partial charge < -0.3 is 10.2 Å². The first-order valence-corrected chi connectivity index (χ1v) is 8.36. The van der Waals surface area contributed by atoms with E-state index < -0.39 is 0 Å². The SMILES string of the molecule is CC(=O)N(CCC(=O)NCc1ccccc1)CCc1ccccc1F. The minimum atomic E-state index is -0.272. The van der Waals surface area contributed by atoms with Crippen LogP contribution in [0.4, 0.5) is 4.39 Å². The molecule has 0 spiro atoms. The molecular weight excluding hydrogens is 319 g/mol. The third-order valence-corrected chi connectivity index (χ3v) is 4.00.